The molecule has 0 radical (unpaired) electrons. The van der Waals surface area contributed by atoms with E-state index in [1.54, 1.807) is 37.4 Å². The fourth-order valence-corrected chi connectivity index (χ4v) is 4.35. The Balaban J connectivity index is 2.17. The number of amides is 1. The van der Waals surface area contributed by atoms with Gasteiger partial charge >= 0.3 is 0 Å². The number of carbonyl (C=O) groups excluding carboxylic acids is 1. The lowest BCUT2D eigenvalue weighted by Crippen LogP contribution is -2.31. The van der Waals surface area contributed by atoms with E-state index in [1.807, 2.05) is 0 Å². The van der Waals surface area contributed by atoms with Gasteiger partial charge in [0, 0.05) is 24.3 Å². The summed E-state index contributed by atoms with van der Waals surface area (Å²) in [6.45, 7) is 7.53. The van der Waals surface area contributed by atoms with Crippen molar-refractivity contribution in [2.24, 2.45) is 0 Å². The second-order valence-corrected chi connectivity index (χ2v) is 8.52. The van der Waals surface area contributed by atoms with E-state index < -0.39 is 10.0 Å². The van der Waals surface area contributed by atoms with Crippen molar-refractivity contribution in [1.82, 2.24) is 4.31 Å². The topological polar surface area (TPSA) is 75.7 Å². The SMILES string of the molecule is C=CCN(CC=C)S(=O)(=O)c1ccc(NC(=O)c2ccc(OC)c(Br)c2)cc1. The van der Waals surface area contributed by atoms with Gasteiger partial charge < -0.3 is 10.1 Å². The molecule has 0 saturated carbocycles. The molecule has 0 aliphatic rings. The molecule has 0 saturated heterocycles. The first kappa shape index (κ1) is 21.9. The van der Waals surface area contributed by atoms with Crippen molar-refractivity contribution >= 4 is 37.5 Å². The van der Waals surface area contributed by atoms with Gasteiger partial charge in [0.05, 0.1) is 16.5 Å². The molecule has 0 atom stereocenters. The summed E-state index contributed by atoms with van der Waals surface area (Å²) in [6.07, 6.45) is 3.03. The number of nitrogens with zero attached hydrogens (tertiary/aromatic N) is 1. The summed E-state index contributed by atoms with van der Waals surface area (Å²) in [5, 5.41) is 2.74. The maximum atomic E-state index is 12.7. The number of ether oxygens (including phenoxy) is 1. The van der Waals surface area contributed by atoms with Crippen LogP contribution in [0.25, 0.3) is 0 Å². The molecule has 1 amide bonds. The normalized spacial score (nSPS) is 11.1. The minimum atomic E-state index is -3.68. The van der Waals surface area contributed by atoms with E-state index in [9.17, 15) is 13.2 Å². The van der Waals surface area contributed by atoms with Crippen molar-refractivity contribution in [3.8, 4) is 5.75 Å². The van der Waals surface area contributed by atoms with E-state index in [2.05, 4.69) is 34.4 Å². The molecule has 8 heteroatoms. The number of hydrogen-bond acceptors (Lipinski definition) is 4. The van der Waals surface area contributed by atoms with Crippen LogP contribution in [-0.2, 0) is 10.0 Å². The smallest absolute Gasteiger partial charge is 0.255 e. The van der Waals surface area contributed by atoms with Crippen LogP contribution in [-0.4, -0.2) is 38.8 Å². The van der Waals surface area contributed by atoms with Gasteiger partial charge in [0.2, 0.25) is 10.0 Å². The average Bonchev–Trinajstić information content (AvgIpc) is 2.68. The Morgan fingerprint density at radius 3 is 2.25 bits per heavy atom. The second-order valence-electron chi connectivity index (χ2n) is 5.73. The Morgan fingerprint density at radius 2 is 1.75 bits per heavy atom. The highest BCUT2D eigenvalue weighted by atomic mass is 79.9. The number of benzene rings is 2. The predicted octanol–water partition coefficient (Wildman–Crippen LogP) is 4.07. The molecule has 0 aromatic heterocycles. The summed E-state index contributed by atoms with van der Waals surface area (Å²) in [5.41, 5.74) is 0.919. The fraction of sp³-hybridized carbons (Fsp3) is 0.150. The molecular weight excluding hydrogens is 444 g/mol. The largest absolute Gasteiger partial charge is 0.496 e. The lowest BCUT2D eigenvalue weighted by atomic mass is 10.2. The molecule has 1 N–H and O–H groups in total. The highest BCUT2D eigenvalue weighted by Gasteiger charge is 2.22. The molecular formula is C20H21BrN2O4S. The molecule has 0 unspecified atom stereocenters. The molecule has 0 heterocycles. The van der Waals surface area contributed by atoms with E-state index in [0.717, 1.165) is 0 Å². The summed E-state index contributed by atoms with van der Waals surface area (Å²) < 4.78 is 32.4. The molecule has 0 aliphatic carbocycles. The number of anilines is 1. The molecule has 2 rings (SSSR count). The summed E-state index contributed by atoms with van der Waals surface area (Å²) in [6, 6.07) is 11.0. The number of halogens is 1. The lowest BCUT2D eigenvalue weighted by molar-refractivity contribution is 0.102. The van der Waals surface area contributed by atoms with Gasteiger partial charge in [0.15, 0.2) is 0 Å². The second kappa shape index (κ2) is 9.68. The van der Waals surface area contributed by atoms with E-state index >= 15 is 0 Å². The van der Waals surface area contributed by atoms with E-state index in [-0.39, 0.29) is 23.9 Å². The molecule has 6 nitrogen and oxygen atoms in total. The molecule has 2 aromatic carbocycles. The zero-order chi connectivity index (χ0) is 20.7. The molecule has 0 spiro atoms. The van der Waals surface area contributed by atoms with E-state index in [4.69, 9.17) is 4.74 Å². The minimum Gasteiger partial charge on any atom is -0.496 e. The first-order valence-corrected chi connectivity index (χ1v) is 10.5. The van der Waals surface area contributed by atoms with Gasteiger partial charge in [-0.2, -0.15) is 4.31 Å². The summed E-state index contributed by atoms with van der Waals surface area (Å²) in [7, 11) is -2.14. The Hall–Kier alpha value is -2.42. The van der Waals surface area contributed by atoms with Gasteiger partial charge in [-0.05, 0) is 58.4 Å². The first-order valence-electron chi connectivity index (χ1n) is 8.30. The molecule has 0 fully saturated rings. The molecule has 2 aromatic rings. The number of nitrogens with one attached hydrogen (secondary N) is 1. The van der Waals surface area contributed by atoms with Gasteiger partial charge in [-0.15, -0.1) is 13.2 Å². The van der Waals surface area contributed by atoms with Crippen molar-refractivity contribution in [3.63, 3.8) is 0 Å². The molecule has 28 heavy (non-hydrogen) atoms. The van der Waals surface area contributed by atoms with Gasteiger partial charge in [0.1, 0.15) is 5.75 Å². The van der Waals surface area contributed by atoms with Gasteiger partial charge in [-0.1, -0.05) is 12.2 Å². The van der Waals surface area contributed by atoms with Crippen LogP contribution < -0.4 is 10.1 Å². The van der Waals surface area contributed by atoms with Crippen molar-refractivity contribution in [3.05, 3.63) is 77.8 Å². The Bertz CT molecular complexity index is 962. The highest BCUT2D eigenvalue weighted by Crippen LogP contribution is 2.26. The fourth-order valence-electron chi connectivity index (χ4n) is 2.43. The maximum absolute atomic E-state index is 12.7. The number of rotatable bonds is 9. The molecule has 148 valence electrons. The van der Waals surface area contributed by atoms with Crippen LogP contribution in [0, 0.1) is 0 Å². The predicted molar refractivity (Wildman–Crippen MR) is 114 cm³/mol. The third kappa shape index (κ3) is 5.09. The number of hydrogen-bond donors (Lipinski definition) is 1. The van der Waals surface area contributed by atoms with Crippen molar-refractivity contribution in [1.29, 1.82) is 0 Å². The third-order valence-electron chi connectivity index (χ3n) is 3.83. The molecule has 0 aliphatic heterocycles. The Kier molecular flexibility index (Phi) is 7.56. The van der Waals surface area contributed by atoms with Crippen LogP contribution in [0.2, 0.25) is 0 Å². The van der Waals surface area contributed by atoms with Gasteiger partial charge in [-0.3, -0.25) is 4.79 Å². The number of methoxy groups -OCH3 is 1. The Labute approximate surface area is 173 Å². The highest BCUT2D eigenvalue weighted by molar-refractivity contribution is 9.10. The van der Waals surface area contributed by atoms with Crippen LogP contribution in [0.5, 0.6) is 5.75 Å². The van der Waals surface area contributed by atoms with Crippen molar-refractivity contribution < 1.29 is 17.9 Å². The minimum absolute atomic E-state index is 0.126. The van der Waals surface area contributed by atoms with Crippen LogP contribution >= 0.6 is 15.9 Å². The summed E-state index contributed by atoms with van der Waals surface area (Å²) >= 11 is 3.34. The standard InChI is InChI=1S/C20H21BrN2O4S/c1-4-12-23(13-5-2)28(25,26)17-9-7-16(8-10-17)22-20(24)15-6-11-19(27-3)18(21)14-15/h4-11,14H,1-2,12-13H2,3H3,(H,22,24). The third-order valence-corrected chi connectivity index (χ3v) is 6.29. The van der Waals surface area contributed by atoms with E-state index in [1.165, 1.54) is 28.6 Å². The van der Waals surface area contributed by atoms with Crippen LogP contribution in [0.1, 0.15) is 10.4 Å². The zero-order valence-corrected chi connectivity index (χ0v) is 17.8. The first-order chi connectivity index (χ1) is 13.3. The van der Waals surface area contributed by atoms with Crippen molar-refractivity contribution in [2.45, 2.75) is 4.90 Å². The van der Waals surface area contributed by atoms with E-state index in [0.29, 0.717) is 21.5 Å². The number of carbonyl (C=O) groups is 1. The van der Waals surface area contributed by atoms with Crippen LogP contribution in [0.4, 0.5) is 5.69 Å². The lowest BCUT2D eigenvalue weighted by Gasteiger charge is -2.19. The average molecular weight is 465 g/mol. The quantitative estimate of drug-likeness (QED) is 0.567. The Morgan fingerprint density at radius 1 is 1.14 bits per heavy atom. The summed E-state index contributed by atoms with van der Waals surface area (Å²) in [5.74, 6) is 0.300. The van der Waals surface area contributed by atoms with Gasteiger partial charge in [-0.25, -0.2) is 8.42 Å². The molecule has 0 bridgehead atoms. The van der Waals surface area contributed by atoms with Crippen LogP contribution in [0.15, 0.2) is 77.1 Å². The monoisotopic (exact) mass is 464 g/mol. The van der Waals surface area contributed by atoms with Crippen LogP contribution in [0.3, 0.4) is 0 Å². The zero-order valence-electron chi connectivity index (χ0n) is 15.4. The van der Waals surface area contributed by atoms with Gasteiger partial charge in [0.25, 0.3) is 5.91 Å². The van der Waals surface area contributed by atoms with Crippen molar-refractivity contribution in [2.75, 3.05) is 25.5 Å². The number of sulfonamides is 1. The maximum Gasteiger partial charge on any atom is 0.255 e. The summed E-state index contributed by atoms with van der Waals surface area (Å²) in [4.78, 5) is 12.5.